The average molecular weight is 338 g/mol. The van der Waals surface area contributed by atoms with Gasteiger partial charge in [-0.1, -0.05) is 6.07 Å². The molecular weight excluding hydrogens is 326 g/mol. The molecule has 0 unspecified atom stereocenters. The number of nitrogens with one attached hydrogen (secondary N) is 1. The third-order valence-electron chi connectivity index (χ3n) is 3.15. The van der Waals surface area contributed by atoms with Gasteiger partial charge in [-0.05, 0) is 28.1 Å². The van der Waals surface area contributed by atoms with E-state index in [1.807, 2.05) is 17.7 Å². The first-order valence-electron chi connectivity index (χ1n) is 6.05. The second-order valence-corrected chi connectivity index (χ2v) is 5.18. The van der Waals surface area contributed by atoms with Crippen LogP contribution in [0.3, 0.4) is 0 Å². The van der Waals surface area contributed by atoms with Crippen LogP contribution in [0.15, 0.2) is 32.0 Å². The Hall–Kier alpha value is -1.86. The zero-order valence-corrected chi connectivity index (χ0v) is 12.3. The number of rotatable bonds is 3. The summed E-state index contributed by atoms with van der Waals surface area (Å²) in [6.07, 6.45) is 0.483. The highest BCUT2D eigenvalue weighted by atomic mass is 79.9. The number of H-pyrrole nitrogens is 1. The summed E-state index contributed by atoms with van der Waals surface area (Å²) in [5.74, 6) is 0.309. The minimum atomic E-state index is -0.474. The number of aliphatic hydroxyl groups is 1. The van der Waals surface area contributed by atoms with Crippen LogP contribution in [0.5, 0.6) is 0 Å². The van der Waals surface area contributed by atoms with Gasteiger partial charge < -0.3 is 14.1 Å². The predicted octanol–water partition coefficient (Wildman–Crippen LogP) is 1.82. The molecule has 0 saturated heterocycles. The number of aromatic nitrogens is 3. The third kappa shape index (κ3) is 2.08. The summed E-state index contributed by atoms with van der Waals surface area (Å²) in [7, 11) is 1.88. The van der Waals surface area contributed by atoms with Crippen molar-refractivity contribution in [1.29, 1.82) is 0 Å². The van der Waals surface area contributed by atoms with Crippen LogP contribution in [0.25, 0.3) is 22.4 Å². The maximum Gasteiger partial charge on any atom is 0.417 e. The molecule has 104 valence electrons. The fourth-order valence-corrected chi connectivity index (χ4v) is 2.64. The van der Waals surface area contributed by atoms with Gasteiger partial charge in [0.1, 0.15) is 16.1 Å². The first-order chi connectivity index (χ1) is 9.60. The van der Waals surface area contributed by atoms with Gasteiger partial charge in [0.05, 0.1) is 12.1 Å². The van der Waals surface area contributed by atoms with Gasteiger partial charge in [0, 0.05) is 19.0 Å². The monoisotopic (exact) mass is 337 g/mol. The van der Waals surface area contributed by atoms with Gasteiger partial charge >= 0.3 is 5.76 Å². The van der Waals surface area contributed by atoms with Crippen molar-refractivity contribution in [3.05, 3.63) is 39.2 Å². The molecule has 1 aromatic carbocycles. The molecule has 0 bridgehead atoms. The molecule has 2 N–H and O–H groups in total. The number of benzene rings is 1. The highest BCUT2D eigenvalue weighted by Gasteiger charge is 2.15. The molecule has 0 radical (unpaired) electrons. The van der Waals surface area contributed by atoms with Gasteiger partial charge in [0.25, 0.3) is 0 Å². The normalized spacial score (nSPS) is 11.3. The highest BCUT2D eigenvalue weighted by molar-refractivity contribution is 9.10. The van der Waals surface area contributed by atoms with Crippen LogP contribution in [0.2, 0.25) is 0 Å². The quantitative estimate of drug-likeness (QED) is 0.763. The minimum Gasteiger partial charge on any atom is -0.408 e. The number of imidazole rings is 1. The van der Waals surface area contributed by atoms with E-state index in [0.717, 1.165) is 21.7 Å². The Morgan fingerprint density at radius 1 is 1.50 bits per heavy atom. The van der Waals surface area contributed by atoms with Crippen LogP contribution in [-0.4, -0.2) is 26.2 Å². The molecule has 6 nitrogen and oxygen atoms in total. The summed E-state index contributed by atoms with van der Waals surface area (Å²) < 4.78 is 7.75. The molecule has 0 spiro atoms. The van der Waals surface area contributed by atoms with E-state index >= 15 is 0 Å². The summed E-state index contributed by atoms with van der Waals surface area (Å²) >= 11 is 3.50. The second-order valence-electron chi connectivity index (χ2n) is 4.43. The van der Waals surface area contributed by atoms with Crippen LogP contribution in [0.1, 0.15) is 5.82 Å². The number of fused-ring (bicyclic) bond motifs is 1. The highest BCUT2D eigenvalue weighted by Crippen LogP contribution is 2.29. The van der Waals surface area contributed by atoms with E-state index in [1.54, 1.807) is 12.1 Å². The number of aromatic amines is 1. The average Bonchev–Trinajstić information content (AvgIpc) is 2.92. The van der Waals surface area contributed by atoms with Crippen molar-refractivity contribution in [2.24, 2.45) is 7.05 Å². The third-order valence-corrected chi connectivity index (χ3v) is 4.06. The topological polar surface area (TPSA) is 84.0 Å². The van der Waals surface area contributed by atoms with Crippen molar-refractivity contribution >= 4 is 27.0 Å². The Balaban J connectivity index is 2.14. The molecule has 7 heteroatoms. The molecule has 2 aromatic heterocycles. The summed E-state index contributed by atoms with van der Waals surface area (Å²) in [5, 5.41) is 9.04. The molecular formula is C13H12BrN3O3. The Morgan fingerprint density at radius 3 is 3.05 bits per heavy atom. The zero-order valence-electron chi connectivity index (χ0n) is 10.7. The van der Waals surface area contributed by atoms with Crippen LogP contribution in [0, 0.1) is 0 Å². The van der Waals surface area contributed by atoms with Crippen molar-refractivity contribution in [2.75, 3.05) is 6.61 Å². The maximum atomic E-state index is 11.2. The molecule has 0 fully saturated rings. The molecule has 0 saturated carbocycles. The second kappa shape index (κ2) is 4.92. The van der Waals surface area contributed by atoms with E-state index in [4.69, 9.17) is 9.52 Å². The number of aliphatic hydroxyl groups excluding tert-OH is 1. The SMILES string of the molecule is Cn1c(CCO)nc(-c2ccc3[nH]c(=O)oc3c2)c1Br. The van der Waals surface area contributed by atoms with Crippen molar-refractivity contribution in [3.63, 3.8) is 0 Å². The summed E-state index contributed by atoms with van der Waals surface area (Å²) in [6.45, 7) is 0.0441. The largest absolute Gasteiger partial charge is 0.417 e. The number of oxazole rings is 1. The Kier molecular flexibility index (Phi) is 3.23. The van der Waals surface area contributed by atoms with Crippen LogP contribution in [-0.2, 0) is 13.5 Å². The van der Waals surface area contributed by atoms with E-state index < -0.39 is 5.76 Å². The van der Waals surface area contributed by atoms with Crippen LogP contribution >= 0.6 is 15.9 Å². The van der Waals surface area contributed by atoms with Gasteiger partial charge in [-0.3, -0.25) is 4.98 Å². The van der Waals surface area contributed by atoms with Crippen molar-refractivity contribution in [3.8, 4) is 11.3 Å². The fourth-order valence-electron chi connectivity index (χ4n) is 2.12. The molecule has 0 atom stereocenters. The molecule has 0 aliphatic carbocycles. The molecule has 0 aliphatic rings. The van der Waals surface area contributed by atoms with Crippen LogP contribution < -0.4 is 5.76 Å². The molecule has 20 heavy (non-hydrogen) atoms. The lowest BCUT2D eigenvalue weighted by Crippen LogP contribution is -2.00. The van der Waals surface area contributed by atoms with E-state index in [-0.39, 0.29) is 6.61 Å². The molecule has 3 aromatic rings. The molecule has 0 aliphatic heterocycles. The van der Waals surface area contributed by atoms with E-state index in [9.17, 15) is 4.79 Å². The Labute approximate surface area is 122 Å². The summed E-state index contributed by atoms with van der Waals surface area (Å²) in [5.41, 5.74) is 2.74. The van der Waals surface area contributed by atoms with Crippen molar-refractivity contribution in [1.82, 2.24) is 14.5 Å². The van der Waals surface area contributed by atoms with Crippen molar-refractivity contribution < 1.29 is 9.52 Å². The van der Waals surface area contributed by atoms with Gasteiger partial charge in [0.2, 0.25) is 0 Å². The van der Waals surface area contributed by atoms with Gasteiger partial charge in [-0.15, -0.1) is 0 Å². The number of nitrogens with zero attached hydrogens (tertiary/aromatic N) is 2. The first-order valence-corrected chi connectivity index (χ1v) is 6.84. The maximum absolute atomic E-state index is 11.2. The minimum absolute atomic E-state index is 0.0441. The Morgan fingerprint density at radius 2 is 2.30 bits per heavy atom. The number of halogens is 1. The van der Waals surface area contributed by atoms with Gasteiger partial charge in [0.15, 0.2) is 5.58 Å². The van der Waals surface area contributed by atoms with Gasteiger partial charge in [-0.25, -0.2) is 9.78 Å². The van der Waals surface area contributed by atoms with E-state index in [2.05, 4.69) is 25.9 Å². The van der Waals surface area contributed by atoms with Gasteiger partial charge in [-0.2, -0.15) is 0 Å². The van der Waals surface area contributed by atoms with Crippen LogP contribution in [0.4, 0.5) is 0 Å². The van der Waals surface area contributed by atoms with E-state index in [1.165, 1.54) is 0 Å². The predicted molar refractivity (Wildman–Crippen MR) is 77.5 cm³/mol. The summed E-state index contributed by atoms with van der Waals surface area (Å²) in [6, 6.07) is 5.41. The summed E-state index contributed by atoms with van der Waals surface area (Å²) in [4.78, 5) is 18.3. The Bertz CT molecular complexity index is 831. The number of hydrogen-bond acceptors (Lipinski definition) is 4. The fraction of sp³-hybridized carbons (Fsp3) is 0.231. The lowest BCUT2D eigenvalue weighted by atomic mass is 10.1. The molecule has 3 rings (SSSR count). The smallest absolute Gasteiger partial charge is 0.408 e. The molecule has 0 amide bonds. The lowest BCUT2D eigenvalue weighted by Gasteiger charge is -1.99. The first kappa shape index (κ1) is 13.1. The standard InChI is InChI=1S/C13H12BrN3O3/c1-17-10(4-5-18)16-11(12(17)14)7-2-3-8-9(6-7)20-13(19)15-8/h2-3,6,18H,4-5H2,1H3,(H,15,19). The lowest BCUT2D eigenvalue weighted by molar-refractivity contribution is 0.295. The number of hydrogen-bond donors (Lipinski definition) is 2. The van der Waals surface area contributed by atoms with E-state index in [0.29, 0.717) is 17.5 Å². The van der Waals surface area contributed by atoms with Crippen molar-refractivity contribution in [2.45, 2.75) is 6.42 Å². The molecule has 2 heterocycles. The zero-order chi connectivity index (χ0) is 14.3.